The van der Waals surface area contributed by atoms with Gasteiger partial charge >= 0.3 is 0 Å². The molecule has 1 unspecified atom stereocenters. The summed E-state index contributed by atoms with van der Waals surface area (Å²) in [5.41, 5.74) is 6.86. The third kappa shape index (κ3) is 3.39. The average Bonchev–Trinajstić information content (AvgIpc) is 2.37. The Morgan fingerprint density at radius 1 is 1.37 bits per heavy atom. The molecule has 4 nitrogen and oxygen atoms in total. The summed E-state index contributed by atoms with van der Waals surface area (Å²) in [6.45, 7) is 4.85. The van der Waals surface area contributed by atoms with Crippen LogP contribution in [-0.2, 0) is 0 Å². The molecule has 106 valence electrons. The van der Waals surface area contributed by atoms with Crippen LogP contribution in [0.25, 0.3) is 0 Å². The first kappa shape index (κ1) is 14.2. The molecule has 2 rings (SSSR count). The SMILES string of the molecule is COc1cc(C(C)CCN)ccc1OC1CN(C)C1. The van der Waals surface area contributed by atoms with Gasteiger partial charge in [-0.05, 0) is 43.6 Å². The second-order valence-corrected chi connectivity index (χ2v) is 5.35. The van der Waals surface area contributed by atoms with Crippen LogP contribution in [0.1, 0.15) is 24.8 Å². The van der Waals surface area contributed by atoms with Crippen LogP contribution >= 0.6 is 0 Å². The number of methoxy groups -OCH3 is 1. The zero-order valence-corrected chi connectivity index (χ0v) is 12.1. The molecule has 0 bridgehead atoms. The Balaban J connectivity index is 2.07. The van der Waals surface area contributed by atoms with Gasteiger partial charge in [0.2, 0.25) is 0 Å². The highest BCUT2D eigenvalue weighted by Crippen LogP contribution is 2.33. The van der Waals surface area contributed by atoms with Crippen LogP contribution in [0.2, 0.25) is 0 Å². The number of benzene rings is 1. The third-order valence-corrected chi connectivity index (χ3v) is 3.68. The molecule has 1 aromatic carbocycles. The molecule has 0 aliphatic carbocycles. The summed E-state index contributed by atoms with van der Waals surface area (Å²) < 4.78 is 11.4. The Morgan fingerprint density at radius 2 is 2.11 bits per heavy atom. The Bertz CT molecular complexity index is 417. The molecule has 1 heterocycles. The number of ether oxygens (including phenoxy) is 2. The van der Waals surface area contributed by atoms with Gasteiger partial charge in [0.15, 0.2) is 11.5 Å². The van der Waals surface area contributed by atoms with E-state index in [0.717, 1.165) is 31.0 Å². The van der Waals surface area contributed by atoms with Gasteiger partial charge in [0, 0.05) is 13.1 Å². The molecule has 1 aromatic rings. The molecule has 19 heavy (non-hydrogen) atoms. The second kappa shape index (κ2) is 6.26. The van der Waals surface area contributed by atoms with Crippen LogP contribution < -0.4 is 15.2 Å². The zero-order valence-electron chi connectivity index (χ0n) is 12.1. The van der Waals surface area contributed by atoms with Crippen molar-refractivity contribution in [3.8, 4) is 11.5 Å². The van der Waals surface area contributed by atoms with Gasteiger partial charge < -0.3 is 15.2 Å². The summed E-state index contributed by atoms with van der Waals surface area (Å²) in [4.78, 5) is 2.23. The van der Waals surface area contributed by atoms with Gasteiger partial charge in [0.1, 0.15) is 6.10 Å². The molecule has 0 radical (unpaired) electrons. The van der Waals surface area contributed by atoms with Crippen molar-refractivity contribution < 1.29 is 9.47 Å². The largest absolute Gasteiger partial charge is 0.493 e. The van der Waals surface area contributed by atoms with E-state index in [2.05, 4.69) is 31.0 Å². The molecule has 1 atom stereocenters. The molecule has 1 aliphatic rings. The lowest BCUT2D eigenvalue weighted by molar-refractivity contribution is 0.0369. The molecule has 1 fully saturated rings. The van der Waals surface area contributed by atoms with Crippen molar-refractivity contribution in [3.63, 3.8) is 0 Å². The van der Waals surface area contributed by atoms with Gasteiger partial charge in [0.05, 0.1) is 7.11 Å². The molecule has 0 aromatic heterocycles. The van der Waals surface area contributed by atoms with E-state index in [1.165, 1.54) is 5.56 Å². The number of nitrogens with zero attached hydrogens (tertiary/aromatic N) is 1. The molecular weight excluding hydrogens is 240 g/mol. The smallest absolute Gasteiger partial charge is 0.161 e. The Kier molecular flexibility index (Phi) is 4.66. The predicted molar refractivity (Wildman–Crippen MR) is 77.0 cm³/mol. The van der Waals surface area contributed by atoms with E-state index in [1.807, 2.05) is 6.07 Å². The molecular formula is C15H24N2O2. The number of likely N-dealkylation sites (tertiary alicyclic amines) is 1. The highest BCUT2D eigenvalue weighted by molar-refractivity contribution is 5.44. The summed E-state index contributed by atoms with van der Waals surface area (Å²) in [6.07, 6.45) is 1.27. The van der Waals surface area contributed by atoms with E-state index in [0.29, 0.717) is 12.5 Å². The summed E-state index contributed by atoms with van der Waals surface area (Å²) in [7, 11) is 3.78. The lowest BCUT2D eigenvalue weighted by Gasteiger charge is -2.36. The molecule has 2 N–H and O–H groups in total. The number of hydrogen-bond acceptors (Lipinski definition) is 4. The van der Waals surface area contributed by atoms with Crippen LogP contribution in [0, 0.1) is 0 Å². The van der Waals surface area contributed by atoms with Gasteiger partial charge in [-0.25, -0.2) is 0 Å². The first-order valence-electron chi connectivity index (χ1n) is 6.87. The third-order valence-electron chi connectivity index (χ3n) is 3.68. The minimum Gasteiger partial charge on any atom is -0.493 e. The van der Waals surface area contributed by atoms with Gasteiger partial charge in [-0.1, -0.05) is 13.0 Å². The minimum absolute atomic E-state index is 0.284. The van der Waals surface area contributed by atoms with Gasteiger partial charge in [-0.2, -0.15) is 0 Å². The summed E-state index contributed by atoms with van der Waals surface area (Å²) >= 11 is 0. The molecule has 0 spiro atoms. The van der Waals surface area contributed by atoms with E-state index < -0.39 is 0 Å². The normalized spacial score (nSPS) is 17.9. The van der Waals surface area contributed by atoms with E-state index in [1.54, 1.807) is 7.11 Å². The van der Waals surface area contributed by atoms with E-state index in [4.69, 9.17) is 15.2 Å². The van der Waals surface area contributed by atoms with E-state index in [-0.39, 0.29) is 6.10 Å². The average molecular weight is 264 g/mol. The maximum absolute atomic E-state index is 5.95. The fourth-order valence-corrected chi connectivity index (χ4v) is 2.40. The van der Waals surface area contributed by atoms with Gasteiger partial charge in [-0.3, -0.25) is 4.90 Å². The molecule has 4 heteroatoms. The van der Waals surface area contributed by atoms with Crippen molar-refractivity contribution in [1.82, 2.24) is 4.90 Å². The topological polar surface area (TPSA) is 47.7 Å². The lowest BCUT2D eigenvalue weighted by atomic mass is 9.97. The Labute approximate surface area is 115 Å². The molecule has 0 amide bonds. The van der Waals surface area contributed by atoms with Crippen molar-refractivity contribution in [2.45, 2.75) is 25.4 Å². The lowest BCUT2D eigenvalue weighted by Crippen LogP contribution is -2.51. The fourth-order valence-electron chi connectivity index (χ4n) is 2.40. The van der Waals surface area contributed by atoms with Gasteiger partial charge in [-0.15, -0.1) is 0 Å². The van der Waals surface area contributed by atoms with Crippen molar-refractivity contribution in [1.29, 1.82) is 0 Å². The highest BCUT2D eigenvalue weighted by Gasteiger charge is 2.26. The number of rotatable bonds is 6. The van der Waals surface area contributed by atoms with Crippen LogP contribution in [0.3, 0.4) is 0 Å². The first-order valence-corrected chi connectivity index (χ1v) is 6.87. The fraction of sp³-hybridized carbons (Fsp3) is 0.600. The Hall–Kier alpha value is -1.26. The Morgan fingerprint density at radius 3 is 2.68 bits per heavy atom. The number of nitrogens with two attached hydrogens (primary N) is 1. The summed E-state index contributed by atoms with van der Waals surface area (Å²) in [6, 6.07) is 6.19. The van der Waals surface area contributed by atoms with Crippen molar-refractivity contribution in [2.75, 3.05) is 33.8 Å². The number of likely N-dealkylation sites (N-methyl/N-ethyl adjacent to an activating group) is 1. The standard InChI is InChI=1S/C15H24N2O2/c1-11(6-7-16)12-4-5-14(15(8-12)18-3)19-13-9-17(2)10-13/h4-5,8,11,13H,6-7,9-10,16H2,1-3H3. The highest BCUT2D eigenvalue weighted by atomic mass is 16.5. The van der Waals surface area contributed by atoms with Crippen LogP contribution in [0.15, 0.2) is 18.2 Å². The molecule has 1 saturated heterocycles. The van der Waals surface area contributed by atoms with Crippen molar-refractivity contribution in [3.05, 3.63) is 23.8 Å². The van der Waals surface area contributed by atoms with Crippen LogP contribution in [0.4, 0.5) is 0 Å². The van der Waals surface area contributed by atoms with E-state index >= 15 is 0 Å². The predicted octanol–water partition coefficient (Wildman–Crippen LogP) is 1.84. The first-order chi connectivity index (χ1) is 9.13. The minimum atomic E-state index is 0.284. The summed E-state index contributed by atoms with van der Waals surface area (Å²) in [5.74, 6) is 2.10. The van der Waals surface area contributed by atoms with E-state index in [9.17, 15) is 0 Å². The maximum Gasteiger partial charge on any atom is 0.161 e. The van der Waals surface area contributed by atoms with Crippen molar-refractivity contribution >= 4 is 0 Å². The second-order valence-electron chi connectivity index (χ2n) is 5.35. The monoisotopic (exact) mass is 264 g/mol. The van der Waals surface area contributed by atoms with Crippen molar-refractivity contribution in [2.24, 2.45) is 5.73 Å². The summed E-state index contributed by atoms with van der Waals surface area (Å²) in [5, 5.41) is 0. The molecule has 1 aliphatic heterocycles. The maximum atomic E-state index is 5.95. The quantitative estimate of drug-likeness (QED) is 0.851. The number of hydrogen-bond donors (Lipinski definition) is 1. The van der Waals surface area contributed by atoms with Crippen LogP contribution in [0.5, 0.6) is 11.5 Å². The van der Waals surface area contributed by atoms with Crippen LogP contribution in [-0.4, -0.2) is 44.8 Å². The zero-order chi connectivity index (χ0) is 13.8. The molecule has 0 saturated carbocycles. The van der Waals surface area contributed by atoms with Gasteiger partial charge in [0.25, 0.3) is 0 Å².